The van der Waals surface area contributed by atoms with Gasteiger partial charge in [0.25, 0.3) is 0 Å². The van der Waals surface area contributed by atoms with Crippen LogP contribution in [0.2, 0.25) is 5.02 Å². The topological polar surface area (TPSA) is 75.4 Å². The van der Waals surface area contributed by atoms with E-state index in [2.05, 4.69) is 5.32 Å². The number of benzene rings is 1. The highest BCUT2D eigenvalue weighted by Crippen LogP contribution is 2.15. The van der Waals surface area contributed by atoms with Gasteiger partial charge in [0, 0.05) is 11.6 Å². The molecule has 1 unspecified atom stereocenters. The highest BCUT2D eigenvalue weighted by Gasteiger charge is 2.14. The van der Waals surface area contributed by atoms with E-state index in [1.807, 2.05) is 6.26 Å². The van der Waals surface area contributed by atoms with Gasteiger partial charge in [0.05, 0.1) is 12.1 Å². The molecule has 0 aliphatic carbocycles. The lowest BCUT2D eigenvalue weighted by Crippen LogP contribution is -2.42. The van der Waals surface area contributed by atoms with Gasteiger partial charge in [0.2, 0.25) is 5.91 Å². The third-order valence-corrected chi connectivity index (χ3v) is 3.59. The van der Waals surface area contributed by atoms with Crippen molar-refractivity contribution >= 4 is 41.7 Å². The first-order valence-corrected chi connectivity index (χ1v) is 7.77. The summed E-state index contributed by atoms with van der Waals surface area (Å²) in [6.45, 7) is 0.146. The minimum atomic E-state index is -0.756. The number of nitrogens with two attached hydrogens (primary N) is 1. The van der Waals surface area contributed by atoms with Crippen molar-refractivity contribution in [1.82, 2.24) is 5.32 Å². The Morgan fingerprint density at radius 3 is 2.60 bits per heavy atom. The van der Waals surface area contributed by atoms with Crippen LogP contribution in [-0.4, -0.2) is 35.6 Å². The van der Waals surface area contributed by atoms with Crippen LogP contribution >= 0.6 is 35.8 Å². The lowest BCUT2D eigenvalue weighted by Gasteiger charge is -2.15. The van der Waals surface area contributed by atoms with Crippen LogP contribution < -0.4 is 11.1 Å². The van der Waals surface area contributed by atoms with Crippen molar-refractivity contribution in [3.05, 3.63) is 34.9 Å². The number of halogens is 2. The molecule has 1 aromatic rings. The lowest BCUT2D eigenvalue weighted by atomic mass is 10.1. The third-order valence-electron chi connectivity index (χ3n) is 2.69. The van der Waals surface area contributed by atoms with E-state index in [4.69, 9.17) is 17.3 Å². The number of aliphatic hydroxyl groups excluding tert-OH is 1. The molecule has 1 aromatic carbocycles. The van der Waals surface area contributed by atoms with Gasteiger partial charge < -0.3 is 16.2 Å². The van der Waals surface area contributed by atoms with Crippen molar-refractivity contribution in [3.8, 4) is 0 Å². The summed E-state index contributed by atoms with van der Waals surface area (Å²) in [6.07, 6.45) is 1.84. The van der Waals surface area contributed by atoms with Crippen molar-refractivity contribution in [2.45, 2.75) is 18.6 Å². The fourth-order valence-electron chi connectivity index (χ4n) is 1.51. The van der Waals surface area contributed by atoms with Gasteiger partial charge in [0.15, 0.2) is 0 Å². The minimum absolute atomic E-state index is 0. The van der Waals surface area contributed by atoms with Crippen LogP contribution in [0.5, 0.6) is 0 Å². The predicted octanol–water partition coefficient (Wildman–Crippen LogP) is 1.99. The smallest absolute Gasteiger partial charge is 0.237 e. The second-order valence-corrected chi connectivity index (χ2v) is 5.62. The SMILES string of the molecule is CSCC[C@H](N)C(=O)NCC(O)c1ccc(Cl)cc1.Cl. The summed E-state index contributed by atoms with van der Waals surface area (Å²) in [5.74, 6) is 0.607. The van der Waals surface area contributed by atoms with Gasteiger partial charge in [-0.3, -0.25) is 4.79 Å². The summed E-state index contributed by atoms with van der Waals surface area (Å²) in [5.41, 5.74) is 6.43. The quantitative estimate of drug-likeness (QED) is 0.710. The fraction of sp³-hybridized carbons (Fsp3) is 0.462. The Bertz CT molecular complexity index is 404. The van der Waals surface area contributed by atoms with Crippen LogP contribution in [0.15, 0.2) is 24.3 Å². The highest BCUT2D eigenvalue weighted by atomic mass is 35.5. The van der Waals surface area contributed by atoms with E-state index >= 15 is 0 Å². The molecule has 0 fully saturated rings. The van der Waals surface area contributed by atoms with Gasteiger partial charge in [0.1, 0.15) is 0 Å². The van der Waals surface area contributed by atoms with Crippen molar-refractivity contribution < 1.29 is 9.90 Å². The molecule has 0 saturated carbocycles. The van der Waals surface area contributed by atoms with E-state index in [1.165, 1.54) is 0 Å². The number of rotatable bonds is 7. The number of carbonyl (C=O) groups excluding carboxylic acids is 1. The Balaban J connectivity index is 0.00000361. The number of aliphatic hydroxyl groups is 1. The molecule has 4 nitrogen and oxygen atoms in total. The van der Waals surface area contributed by atoms with Crippen molar-refractivity contribution in [2.24, 2.45) is 5.73 Å². The number of hydrogen-bond donors (Lipinski definition) is 3. The molecule has 1 rings (SSSR count). The normalized spacial score (nSPS) is 13.2. The maximum Gasteiger partial charge on any atom is 0.237 e. The summed E-state index contributed by atoms with van der Waals surface area (Å²) in [4.78, 5) is 11.7. The second-order valence-electron chi connectivity index (χ2n) is 4.20. The molecule has 20 heavy (non-hydrogen) atoms. The molecule has 0 aromatic heterocycles. The van der Waals surface area contributed by atoms with Crippen LogP contribution in [0.25, 0.3) is 0 Å². The largest absolute Gasteiger partial charge is 0.387 e. The average molecular weight is 339 g/mol. The summed E-state index contributed by atoms with van der Waals surface area (Å²) in [6, 6.07) is 6.34. The molecule has 0 heterocycles. The number of amides is 1. The van der Waals surface area contributed by atoms with Gasteiger partial charge in [-0.2, -0.15) is 11.8 Å². The summed E-state index contributed by atoms with van der Waals surface area (Å²) in [5, 5.41) is 13.2. The van der Waals surface area contributed by atoms with Crippen molar-refractivity contribution in [2.75, 3.05) is 18.6 Å². The van der Waals surface area contributed by atoms with Crippen LogP contribution in [0, 0.1) is 0 Å². The number of nitrogens with one attached hydrogen (secondary N) is 1. The van der Waals surface area contributed by atoms with E-state index in [0.29, 0.717) is 17.0 Å². The van der Waals surface area contributed by atoms with Gasteiger partial charge >= 0.3 is 0 Å². The van der Waals surface area contributed by atoms with E-state index < -0.39 is 12.1 Å². The Kier molecular flexibility index (Phi) is 10.1. The fourth-order valence-corrected chi connectivity index (χ4v) is 2.12. The monoisotopic (exact) mass is 338 g/mol. The zero-order valence-corrected chi connectivity index (χ0v) is 13.6. The summed E-state index contributed by atoms with van der Waals surface area (Å²) < 4.78 is 0. The van der Waals surface area contributed by atoms with Gasteiger partial charge in [-0.25, -0.2) is 0 Å². The van der Waals surface area contributed by atoms with E-state index in [1.54, 1.807) is 36.0 Å². The summed E-state index contributed by atoms with van der Waals surface area (Å²) in [7, 11) is 0. The Labute approximate surface area is 134 Å². The average Bonchev–Trinajstić information content (AvgIpc) is 2.42. The van der Waals surface area contributed by atoms with Crippen LogP contribution in [0.4, 0.5) is 0 Å². The van der Waals surface area contributed by atoms with E-state index in [0.717, 1.165) is 5.75 Å². The highest BCUT2D eigenvalue weighted by molar-refractivity contribution is 7.98. The first-order valence-electron chi connectivity index (χ1n) is 6.00. The molecule has 1 amide bonds. The van der Waals surface area contributed by atoms with Crippen LogP contribution in [0.1, 0.15) is 18.1 Å². The van der Waals surface area contributed by atoms with E-state index in [9.17, 15) is 9.90 Å². The molecule has 7 heteroatoms. The lowest BCUT2D eigenvalue weighted by molar-refractivity contribution is -0.122. The first kappa shape index (κ1) is 19.5. The molecular formula is C13H20Cl2N2O2S. The molecule has 4 N–H and O–H groups in total. The molecular weight excluding hydrogens is 319 g/mol. The van der Waals surface area contributed by atoms with Crippen LogP contribution in [0.3, 0.4) is 0 Å². The Hall–Kier alpha value is -0.460. The van der Waals surface area contributed by atoms with Gasteiger partial charge in [-0.1, -0.05) is 23.7 Å². The maximum absolute atomic E-state index is 11.7. The number of hydrogen-bond acceptors (Lipinski definition) is 4. The first-order chi connectivity index (χ1) is 9.04. The molecule has 0 aliphatic heterocycles. The zero-order valence-electron chi connectivity index (χ0n) is 11.2. The van der Waals surface area contributed by atoms with Crippen molar-refractivity contribution in [3.63, 3.8) is 0 Å². The second kappa shape index (κ2) is 10.3. The number of thioether (sulfide) groups is 1. The van der Waals surface area contributed by atoms with Crippen LogP contribution in [-0.2, 0) is 4.79 Å². The molecule has 2 atom stereocenters. The minimum Gasteiger partial charge on any atom is -0.387 e. The molecule has 0 aliphatic rings. The zero-order chi connectivity index (χ0) is 14.3. The summed E-state index contributed by atoms with van der Waals surface area (Å²) >= 11 is 7.41. The van der Waals surface area contributed by atoms with E-state index in [-0.39, 0.29) is 24.9 Å². The van der Waals surface area contributed by atoms with Gasteiger partial charge in [-0.05, 0) is 36.1 Å². The molecule has 114 valence electrons. The Morgan fingerprint density at radius 2 is 2.05 bits per heavy atom. The Morgan fingerprint density at radius 1 is 1.45 bits per heavy atom. The standard InChI is InChI=1S/C13H19ClN2O2S.ClH/c1-19-7-6-11(15)13(18)16-8-12(17)9-2-4-10(14)5-3-9;/h2-5,11-12,17H,6-8,15H2,1H3,(H,16,18);1H/t11-,12?;/m0./s1. The molecule has 0 radical (unpaired) electrons. The maximum atomic E-state index is 11.7. The molecule has 0 bridgehead atoms. The number of carbonyl (C=O) groups is 1. The van der Waals surface area contributed by atoms with Gasteiger partial charge in [-0.15, -0.1) is 12.4 Å². The molecule has 0 saturated heterocycles. The third kappa shape index (κ3) is 6.81. The van der Waals surface area contributed by atoms with Crippen molar-refractivity contribution in [1.29, 1.82) is 0 Å². The molecule has 0 spiro atoms. The predicted molar refractivity (Wildman–Crippen MR) is 87.6 cm³/mol.